The number of rotatable bonds is 6. The average molecular weight is 434 g/mol. The van der Waals surface area contributed by atoms with Crippen molar-refractivity contribution < 1.29 is 13.2 Å². The highest BCUT2D eigenvalue weighted by Gasteiger charge is 2.30. The van der Waals surface area contributed by atoms with Gasteiger partial charge in [0.05, 0.1) is 5.56 Å². The number of guanidine groups is 1. The largest absolute Gasteiger partial charge is 0.416 e. The van der Waals surface area contributed by atoms with Gasteiger partial charge in [0.25, 0.3) is 0 Å². The molecule has 1 saturated heterocycles. The summed E-state index contributed by atoms with van der Waals surface area (Å²) in [5.41, 5.74) is 0.0980. The number of aromatic nitrogens is 1. The predicted octanol–water partition coefficient (Wildman–Crippen LogP) is 4.43. The molecule has 1 aliphatic heterocycles. The first-order valence-electron chi connectivity index (χ1n) is 10.7. The van der Waals surface area contributed by atoms with E-state index in [0.717, 1.165) is 43.8 Å². The van der Waals surface area contributed by atoms with Gasteiger partial charge in [0.15, 0.2) is 5.96 Å². The van der Waals surface area contributed by atoms with Crippen molar-refractivity contribution in [1.82, 2.24) is 15.6 Å². The highest BCUT2D eigenvalue weighted by atomic mass is 19.4. The van der Waals surface area contributed by atoms with Crippen molar-refractivity contribution in [3.05, 3.63) is 59.8 Å². The summed E-state index contributed by atoms with van der Waals surface area (Å²) >= 11 is 0. The first-order valence-corrected chi connectivity index (χ1v) is 10.7. The summed E-state index contributed by atoms with van der Waals surface area (Å²) in [6.45, 7) is 4.43. The standard InChI is InChI=1S/C23H30F3N5/c1-17(18-6-5-7-19(16-18)23(24,25)26)9-13-29-22(27-2)30-20-10-14-31(15-11-20)21-8-3-4-12-28-21/h3-8,12,16-17,20H,9-11,13-15H2,1-2H3,(H2,27,29,30). The van der Waals surface area contributed by atoms with E-state index in [2.05, 4.69) is 25.5 Å². The average Bonchev–Trinajstić information content (AvgIpc) is 2.79. The van der Waals surface area contributed by atoms with Gasteiger partial charge in [0.2, 0.25) is 0 Å². The summed E-state index contributed by atoms with van der Waals surface area (Å²) in [7, 11) is 1.73. The summed E-state index contributed by atoms with van der Waals surface area (Å²) in [5, 5.41) is 6.76. The van der Waals surface area contributed by atoms with Crippen molar-refractivity contribution in [3.8, 4) is 0 Å². The Balaban J connectivity index is 1.43. The Bertz CT molecular complexity index is 846. The lowest BCUT2D eigenvalue weighted by atomic mass is 9.96. The molecule has 0 spiro atoms. The molecule has 2 N–H and O–H groups in total. The van der Waals surface area contributed by atoms with Crippen LogP contribution in [0.15, 0.2) is 53.7 Å². The van der Waals surface area contributed by atoms with Gasteiger partial charge in [-0.05, 0) is 48.9 Å². The van der Waals surface area contributed by atoms with Crippen molar-refractivity contribution in [3.63, 3.8) is 0 Å². The molecule has 0 amide bonds. The van der Waals surface area contributed by atoms with Crippen molar-refractivity contribution >= 4 is 11.8 Å². The number of aliphatic imine (C=N–C) groups is 1. The van der Waals surface area contributed by atoms with Gasteiger partial charge in [-0.2, -0.15) is 13.2 Å². The minimum atomic E-state index is -4.31. The number of nitrogens with zero attached hydrogens (tertiary/aromatic N) is 3. The topological polar surface area (TPSA) is 52.6 Å². The Labute approximate surface area is 181 Å². The molecule has 5 nitrogen and oxygen atoms in total. The van der Waals surface area contributed by atoms with Crippen LogP contribution in [0, 0.1) is 0 Å². The molecule has 168 valence electrons. The van der Waals surface area contributed by atoms with Crippen LogP contribution in [0.4, 0.5) is 19.0 Å². The smallest absolute Gasteiger partial charge is 0.356 e. The van der Waals surface area contributed by atoms with Crippen molar-refractivity contribution in [1.29, 1.82) is 0 Å². The second-order valence-corrected chi connectivity index (χ2v) is 7.91. The molecule has 0 bridgehead atoms. The van der Waals surface area contributed by atoms with Gasteiger partial charge in [-0.15, -0.1) is 0 Å². The van der Waals surface area contributed by atoms with Gasteiger partial charge in [0, 0.05) is 38.9 Å². The van der Waals surface area contributed by atoms with Gasteiger partial charge >= 0.3 is 6.18 Å². The SMILES string of the molecule is CN=C(NCCC(C)c1cccc(C(F)(F)F)c1)NC1CCN(c2ccccn2)CC1. The Morgan fingerprint density at radius 2 is 1.97 bits per heavy atom. The molecule has 3 rings (SSSR count). The number of benzene rings is 1. The van der Waals surface area contributed by atoms with E-state index >= 15 is 0 Å². The lowest BCUT2D eigenvalue weighted by Gasteiger charge is -2.33. The molecular weight excluding hydrogens is 403 g/mol. The molecule has 31 heavy (non-hydrogen) atoms. The van der Waals surface area contributed by atoms with Crippen LogP contribution < -0.4 is 15.5 Å². The molecule has 0 saturated carbocycles. The van der Waals surface area contributed by atoms with Crippen LogP contribution in [0.5, 0.6) is 0 Å². The van der Waals surface area contributed by atoms with Crippen molar-refractivity contribution in [2.45, 2.75) is 44.3 Å². The fraction of sp³-hybridized carbons (Fsp3) is 0.478. The van der Waals surface area contributed by atoms with Gasteiger partial charge < -0.3 is 15.5 Å². The summed E-state index contributed by atoms with van der Waals surface area (Å²) < 4.78 is 38.8. The van der Waals surface area contributed by atoms with E-state index in [1.807, 2.05) is 31.3 Å². The maximum absolute atomic E-state index is 12.9. The number of halogens is 3. The second kappa shape index (κ2) is 10.5. The Kier molecular flexibility index (Phi) is 7.76. The highest BCUT2D eigenvalue weighted by Crippen LogP contribution is 2.31. The number of pyridine rings is 1. The number of hydrogen-bond acceptors (Lipinski definition) is 3. The molecule has 1 atom stereocenters. The van der Waals surface area contributed by atoms with E-state index in [1.165, 1.54) is 12.1 Å². The van der Waals surface area contributed by atoms with Gasteiger partial charge in [-0.1, -0.05) is 31.2 Å². The van der Waals surface area contributed by atoms with Crippen LogP contribution in [0.25, 0.3) is 0 Å². The van der Waals surface area contributed by atoms with Crippen LogP contribution in [-0.2, 0) is 6.18 Å². The summed E-state index contributed by atoms with van der Waals surface area (Å²) in [6.07, 6.45) is 0.174. The van der Waals surface area contributed by atoms with Crippen LogP contribution >= 0.6 is 0 Å². The number of alkyl halides is 3. The van der Waals surface area contributed by atoms with Crippen LogP contribution in [0.2, 0.25) is 0 Å². The maximum atomic E-state index is 12.9. The molecule has 1 fully saturated rings. The number of nitrogens with one attached hydrogen (secondary N) is 2. The van der Waals surface area contributed by atoms with Crippen LogP contribution in [0.1, 0.15) is 43.2 Å². The van der Waals surface area contributed by atoms with Crippen molar-refractivity contribution in [2.24, 2.45) is 4.99 Å². The first-order chi connectivity index (χ1) is 14.9. The molecule has 1 unspecified atom stereocenters. The number of piperidine rings is 1. The zero-order valence-electron chi connectivity index (χ0n) is 18.0. The number of anilines is 1. The van der Waals surface area contributed by atoms with E-state index in [4.69, 9.17) is 0 Å². The minimum Gasteiger partial charge on any atom is -0.356 e. The fourth-order valence-corrected chi connectivity index (χ4v) is 3.78. The molecule has 1 aliphatic rings. The molecule has 2 heterocycles. The lowest BCUT2D eigenvalue weighted by molar-refractivity contribution is -0.137. The third-order valence-electron chi connectivity index (χ3n) is 5.69. The van der Waals surface area contributed by atoms with Crippen molar-refractivity contribution in [2.75, 3.05) is 31.6 Å². The lowest BCUT2D eigenvalue weighted by Crippen LogP contribution is -2.49. The van der Waals surface area contributed by atoms with Crippen LogP contribution in [0.3, 0.4) is 0 Å². The molecule has 8 heteroatoms. The second-order valence-electron chi connectivity index (χ2n) is 7.91. The Morgan fingerprint density at radius 3 is 2.61 bits per heavy atom. The Morgan fingerprint density at radius 1 is 1.19 bits per heavy atom. The molecule has 1 aromatic heterocycles. The zero-order valence-corrected chi connectivity index (χ0v) is 18.0. The maximum Gasteiger partial charge on any atom is 0.416 e. The summed E-state index contributed by atoms with van der Waals surface area (Å²) in [6, 6.07) is 11.8. The van der Waals surface area contributed by atoms with Gasteiger partial charge in [-0.3, -0.25) is 4.99 Å². The molecule has 0 aliphatic carbocycles. The van der Waals surface area contributed by atoms with Gasteiger partial charge in [0.1, 0.15) is 5.82 Å². The third-order valence-corrected chi connectivity index (χ3v) is 5.69. The van der Waals surface area contributed by atoms with E-state index in [1.54, 1.807) is 13.1 Å². The normalized spacial score (nSPS) is 16.8. The third kappa shape index (κ3) is 6.60. The predicted molar refractivity (Wildman–Crippen MR) is 118 cm³/mol. The molecular formula is C23H30F3N5. The number of hydrogen-bond donors (Lipinski definition) is 2. The monoisotopic (exact) mass is 433 g/mol. The van der Waals surface area contributed by atoms with E-state index in [9.17, 15) is 13.2 Å². The summed E-state index contributed by atoms with van der Waals surface area (Å²) in [4.78, 5) is 11.0. The van der Waals surface area contributed by atoms with E-state index in [0.29, 0.717) is 24.6 Å². The fourth-order valence-electron chi connectivity index (χ4n) is 3.78. The Hall–Kier alpha value is -2.77. The quantitative estimate of drug-likeness (QED) is 0.523. The highest BCUT2D eigenvalue weighted by molar-refractivity contribution is 5.80. The molecule has 1 aromatic carbocycles. The van der Waals surface area contributed by atoms with E-state index in [-0.39, 0.29) is 5.92 Å². The zero-order chi connectivity index (χ0) is 22.3. The summed E-state index contributed by atoms with van der Waals surface area (Å²) in [5.74, 6) is 1.74. The first kappa shape index (κ1) is 22.9. The molecule has 0 radical (unpaired) electrons. The van der Waals surface area contributed by atoms with E-state index < -0.39 is 11.7 Å². The van der Waals surface area contributed by atoms with Crippen LogP contribution in [-0.4, -0.2) is 43.7 Å². The minimum absolute atomic E-state index is 0.00881. The molecule has 2 aromatic rings. The van der Waals surface area contributed by atoms with Gasteiger partial charge in [-0.25, -0.2) is 4.98 Å².